The Morgan fingerprint density at radius 3 is 2.48 bits per heavy atom. The van der Waals surface area contributed by atoms with Crippen molar-refractivity contribution in [2.45, 2.75) is 19.6 Å². The second kappa shape index (κ2) is 8.51. The van der Waals surface area contributed by atoms with E-state index < -0.39 is 12.1 Å². The zero-order valence-electron chi connectivity index (χ0n) is 15.3. The van der Waals surface area contributed by atoms with E-state index >= 15 is 0 Å². The summed E-state index contributed by atoms with van der Waals surface area (Å²) in [5.74, 6) is 0.273. The van der Waals surface area contributed by atoms with E-state index in [9.17, 15) is 9.90 Å². The molecule has 6 nitrogen and oxygen atoms in total. The molecule has 0 saturated carbocycles. The zero-order valence-corrected chi connectivity index (χ0v) is 15.3. The van der Waals surface area contributed by atoms with Crippen LogP contribution in [0.15, 0.2) is 60.8 Å². The molecule has 0 fully saturated rings. The molecule has 27 heavy (non-hydrogen) atoms. The molecule has 1 N–H and O–H groups in total. The maximum absolute atomic E-state index is 12.3. The summed E-state index contributed by atoms with van der Waals surface area (Å²) < 4.78 is 11.9. The lowest BCUT2D eigenvalue weighted by Crippen LogP contribution is -2.10. The third-order valence-corrected chi connectivity index (χ3v) is 4.16. The molecule has 6 heteroatoms. The van der Waals surface area contributed by atoms with Gasteiger partial charge in [-0.1, -0.05) is 42.5 Å². The number of esters is 1. The summed E-state index contributed by atoms with van der Waals surface area (Å²) in [6.45, 7) is 2.45. The average molecular weight is 366 g/mol. The van der Waals surface area contributed by atoms with Crippen molar-refractivity contribution in [3.05, 3.63) is 83.2 Å². The Morgan fingerprint density at radius 1 is 1.15 bits per heavy atom. The second-order valence-electron chi connectivity index (χ2n) is 6.01. The van der Waals surface area contributed by atoms with Crippen molar-refractivity contribution >= 4 is 5.97 Å². The number of rotatable bonds is 7. The molecule has 0 saturated heterocycles. The summed E-state index contributed by atoms with van der Waals surface area (Å²) in [6, 6.07) is 16.7. The first-order valence-corrected chi connectivity index (χ1v) is 8.72. The van der Waals surface area contributed by atoms with Crippen molar-refractivity contribution in [3.63, 3.8) is 0 Å². The van der Waals surface area contributed by atoms with E-state index in [1.165, 1.54) is 0 Å². The Balaban J connectivity index is 1.92. The highest BCUT2D eigenvalue weighted by Crippen LogP contribution is 2.25. The van der Waals surface area contributed by atoms with Crippen LogP contribution < -0.4 is 4.74 Å². The molecular weight excluding hydrogens is 344 g/mol. The summed E-state index contributed by atoms with van der Waals surface area (Å²) in [6.07, 6.45) is 0.603. The number of hydrogen-bond donors (Lipinski definition) is 1. The van der Waals surface area contributed by atoms with Gasteiger partial charge in [-0.15, -0.1) is 0 Å². The number of hydrogen-bond acceptors (Lipinski definition) is 5. The Kier molecular flexibility index (Phi) is 5.88. The van der Waals surface area contributed by atoms with Crippen LogP contribution in [0.5, 0.6) is 5.75 Å². The summed E-state index contributed by atoms with van der Waals surface area (Å²) in [5.41, 5.74) is 2.21. The van der Waals surface area contributed by atoms with E-state index in [0.29, 0.717) is 12.1 Å². The number of aliphatic hydroxyl groups is 1. The molecule has 0 bridgehead atoms. The number of aromatic nitrogens is 2. The number of carbonyl (C=O) groups excluding carboxylic acids is 1. The van der Waals surface area contributed by atoms with E-state index in [2.05, 4.69) is 5.10 Å². The molecule has 0 spiro atoms. The molecule has 0 aliphatic rings. The molecule has 1 atom stereocenters. The van der Waals surface area contributed by atoms with E-state index in [0.717, 1.165) is 11.3 Å². The van der Waals surface area contributed by atoms with Crippen molar-refractivity contribution in [2.24, 2.45) is 0 Å². The fourth-order valence-electron chi connectivity index (χ4n) is 2.80. The molecule has 1 unspecified atom stereocenters. The van der Waals surface area contributed by atoms with Crippen molar-refractivity contribution < 1.29 is 19.4 Å². The van der Waals surface area contributed by atoms with E-state index in [1.54, 1.807) is 37.0 Å². The van der Waals surface area contributed by atoms with Gasteiger partial charge >= 0.3 is 5.97 Å². The van der Waals surface area contributed by atoms with Crippen LogP contribution in [0.4, 0.5) is 0 Å². The van der Waals surface area contributed by atoms with Crippen molar-refractivity contribution in [1.82, 2.24) is 9.78 Å². The normalized spacial score (nSPS) is 11.8. The lowest BCUT2D eigenvalue weighted by molar-refractivity contribution is 0.0521. The van der Waals surface area contributed by atoms with Crippen LogP contribution in [-0.2, 0) is 11.3 Å². The third-order valence-electron chi connectivity index (χ3n) is 4.16. The van der Waals surface area contributed by atoms with Crippen LogP contribution in [0.2, 0.25) is 0 Å². The quantitative estimate of drug-likeness (QED) is 0.650. The van der Waals surface area contributed by atoms with Crippen LogP contribution in [0.25, 0.3) is 0 Å². The van der Waals surface area contributed by atoms with Crippen LogP contribution in [0.1, 0.15) is 40.2 Å². The van der Waals surface area contributed by atoms with Gasteiger partial charge in [0, 0.05) is 6.20 Å². The highest BCUT2D eigenvalue weighted by Gasteiger charge is 2.24. The highest BCUT2D eigenvalue weighted by molar-refractivity contribution is 5.90. The van der Waals surface area contributed by atoms with E-state index in [-0.39, 0.29) is 17.9 Å². The molecule has 0 aliphatic carbocycles. The highest BCUT2D eigenvalue weighted by atomic mass is 16.5. The van der Waals surface area contributed by atoms with Crippen LogP contribution in [-0.4, -0.2) is 34.6 Å². The van der Waals surface area contributed by atoms with Crippen molar-refractivity contribution in [2.75, 3.05) is 13.7 Å². The Bertz CT molecular complexity index is 888. The molecule has 2 aromatic carbocycles. The summed E-state index contributed by atoms with van der Waals surface area (Å²) in [4.78, 5) is 12.3. The van der Waals surface area contributed by atoms with Gasteiger partial charge < -0.3 is 14.6 Å². The van der Waals surface area contributed by atoms with Gasteiger partial charge in [0.2, 0.25) is 0 Å². The largest absolute Gasteiger partial charge is 0.497 e. The van der Waals surface area contributed by atoms with Gasteiger partial charge in [0.05, 0.1) is 20.3 Å². The van der Waals surface area contributed by atoms with E-state index in [4.69, 9.17) is 9.47 Å². The van der Waals surface area contributed by atoms with Gasteiger partial charge in [-0.25, -0.2) is 4.79 Å². The smallest absolute Gasteiger partial charge is 0.341 e. The lowest BCUT2D eigenvalue weighted by Gasteiger charge is -2.10. The number of carbonyl (C=O) groups is 1. The Morgan fingerprint density at radius 2 is 1.85 bits per heavy atom. The van der Waals surface area contributed by atoms with Crippen molar-refractivity contribution in [1.29, 1.82) is 0 Å². The number of nitrogens with zero attached hydrogens (tertiary/aromatic N) is 2. The van der Waals surface area contributed by atoms with Crippen molar-refractivity contribution in [3.8, 4) is 5.75 Å². The lowest BCUT2D eigenvalue weighted by atomic mass is 10.0. The van der Waals surface area contributed by atoms with Gasteiger partial charge in [0.15, 0.2) is 0 Å². The maximum atomic E-state index is 12.3. The summed E-state index contributed by atoms with van der Waals surface area (Å²) >= 11 is 0. The molecule has 140 valence electrons. The Hall–Kier alpha value is -3.12. The summed E-state index contributed by atoms with van der Waals surface area (Å²) in [5, 5.41) is 15.2. The molecule has 3 rings (SSSR count). The minimum absolute atomic E-state index is 0.253. The molecule has 1 heterocycles. The molecule has 0 amide bonds. The van der Waals surface area contributed by atoms with Gasteiger partial charge in [-0.3, -0.25) is 4.68 Å². The maximum Gasteiger partial charge on any atom is 0.341 e. The first kappa shape index (κ1) is 18.7. The van der Waals surface area contributed by atoms with Crippen LogP contribution >= 0.6 is 0 Å². The SMILES string of the molecule is CCOC(=O)c1cn(Cc2ccc(OC)cc2)nc1C(O)c1ccccc1. The van der Waals surface area contributed by atoms with Crippen LogP contribution in [0.3, 0.4) is 0 Å². The van der Waals surface area contributed by atoms with Gasteiger partial charge in [0.25, 0.3) is 0 Å². The van der Waals surface area contributed by atoms with E-state index in [1.807, 2.05) is 42.5 Å². The van der Waals surface area contributed by atoms with Crippen LogP contribution in [0, 0.1) is 0 Å². The zero-order chi connectivity index (χ0) is 19.2. The number of benzene rings is 2. The third kappa shape index (κ3) is 4.35. The standard InChI is InChI=1S/C21H22N2O4/c1-3-27-21(25)18-14-23(13-15-9-11-17(26-2)12-10-15)22-19(18)20(24)16-7-5-4-6-8-16/h4-12,14,20,24H,3,13H2,1-2H3. The first-order chi connectivity index (χ1) is 13.1. The monoisotopic (exact) mass is 366 g/mol. The predicted molar refractivity (Wildman–Crippen MR) is 101 cm³/mol. The second-order valence-corrected chi connectivity index (χ2v) is 6.01. The van der Waals surface area contributed by atoms with Gasteiger partial charge in [0.1, 0.15) is 23.1 Å². The number of aliphatic hydroxyl groups excluding tert-OH is 1. The number of methoxy groups -OCH3 is 1. The summed E-state index contributed by atoms with van der Waals surface area (Å²) in [7, 11) is 1.62. The molecule has 0 radical (unpaired) electrons. The minimum Gasteiger partial charge on any atom is -0.497 e. The van der Waals surface area contributed by atoms with Gasteiger partial charge in [-0.05, 0) is 30.2 Å². The fourth-order valence-corrected chi connectivity index (χ4v) is 2.80. The Labute approximate surface area is 158 Å². The van der Waals surface area contributed by atoms with Gasteiger partial charge in [-0.2, -0.15) is 5.10 Å². The topological polar surface area (TPSA) is 73.6 Å². The minimum atomic E-state index is -1.01. The molecule has 1 aromatic heterocycles. The predicted octanol–water partition coefficient (Wildman–Crippen LogP) is 3.20. The fraction of sp³-hybridized carbons (Fsp3) is 0.238. The number of ether oxygens (including phenoxy) is 2. The molecular formula is C21H22N2O4. The first-order valence-electron chi connectivity index (χ1n) is 8.72. The average Bonchev–Trinajstić information content (AvgIpc) is 3.13. The molecule has 0 aliphatic heterocycles. The molecule has 3 aromatic rings.